The number of carboxylic acids is 1. The fourth-order valence-corrected chi connectivity index (χ4v) is 4.80. The zero-order chi connectivity index (χ0) is 29.2. The summed E-state index contributed by atoms with van der Waals surface area (Å²) in [6.07, 6.45) is 3.28. The Kier molecular flexibility index (Phi) is 6.91. The lowest BCUT2D eigenvalue weighted by molar-refractivity contribution is 0.0697. The van der Waals surface area contributed by atoms with Crippen molar-refractivity contribution in [1.29, 1.82) is 5.26 Å². The summed E-state index contributed by atoms with van der Waals surface area (Å²) in [4.78, 5) is 20.5. The highest BCUT2D eigenvalue weighted by Crippen LogP contribution is 2.32. The van der Waals surface area contributed by atoms with Crippen LogP contribution in [-0.4, -0.2) is 36.9 Å². The second-order valence-corrected chi connectivity index (χ2v) is 10.0. The van der Waals surface area contributed by atoms with E-state index in [0.717, 1.165) is 44.7 Å². The molecule has 2 heterocycles. The molecule has 6 aromatic rings. The van der Waals surface area contributed by atoms with Crippen LogP contribution >= 0.6 is 0 Å². The molecule has 0 spiro atoms. The van der Waals surface area contributed by atoms with Gasteiger partial charge in [-0.25, -0.2) is 9.48 Å². The second kappa shape index (κ2) is 11.0. The Bertz CT molecular complexity index is 1990. The monoisotopic (exact) mass is 551 g/mol. The fourth-order valence-electron chi connectivity index (χ4n) is 4.80. The zero-order valence-electron chi connectivity index (χ0n) is 22.9. The lowest BCUT2D eigenvalue weighted by Gasteiger charge is -2.12. The molecule has 0 saturated carbocycles. The zero-order valence-corrected chi connectivity index (χ0v) is 22.9. The van der Waals surface area contributed by atoms with Crippen molar-refractivity contribution in [2.24, 2.45) is 0 Å². The number of fused-ring (bicyclic) bond motifs is 1. The predicted octanol–water partition coefficient (Wildman–Crippen LogP) is 7.17. The van der Waals surface area contributed by atoms with Gasteiger partial charge in [-0.1, -0.05) is 42.5 Å². The van der Waals surface area contributed by atoms with Gasteiger partial charge in [0.15, 0.2) is 0 Å². The number of aromatic nitrogens is 4. The average Bonchev–Trinajstić information content (AvgIpc) is 3.46. The molecule has 42 heavy (non-hydrogen) atoms. The van der Waals surface area contributed by atoms with E-state index in [2.05, 4.69) is 16.0 Å². The van der Waals surface area contributed by atoms with E-state index in [0.29, 0.717) is 17.0 Å². The van der Waals surface area contributed by atoms with E-state index in [9.17, 15) is 15.2 Å². The number of benzene rings is 4. The lowest BCUT2D eigenvalue weighted by Crippen LogP contribution is -2.06. The van der Waals surface area contributed by atoms with Gasteiger partial charge in [-0.05, 0) is 73.5 Å². The van der Waals surface area contributed by atoms with Gasteiger partial charge in [-0.3, -0.25) is 9.97 Å². The molecule has 6 rings (SSSR count). The molecular formula is C34H25N5O3. The normalized spacial score (nSPS) is 11.0. The van der Waals surface area contributed by atoms with E-state index in [-0.39, 0.29) is 11.7 Å². The van der Waals surface area contributed by atoms with Crippen molar-refractivity contribution >= 4 is 17.0 Å². The maximum absolute atomic E-state index is 11.7. The van der Waals surface area contributed by atoms with E-state index in [1.807, 2.05) is 86.6 Å². The van der Waals surface area contributed by atoms with Crippen molar-refractivity contribution in [3.63, 3.8) is 0 Å². The standard InChI is InChI=1S/C34H25N5O3/c1-21(2)42-33-13-11-24(16-27(33)20-35)22-6-8-23(9-7-22)30-19-32(25-10-12-29-31(18-25)37-15-14-36-29)39(38-30)28-5-3-4-26(17-28)34(40)41/h3-19,21H,1-2H3,(H,40,41). The van der Waals surface area contributed by atoms with Gasteiger partial charge in [0.1, 0.15) is 11.8 Å². The van der Waals surface area contributed by atoms with Gasteiger partial charge in [0, 0.05) is 23.5 Å². The van der Waals surface area contributed by atoms with Crippen LogP contribution < -0.4 is 4.74 Å². The third-order valence-corrected chi connectivity index (χ3v) is 6.79. The van der Waals surface area contributed by atoms with Gasteiger partial charge >= 0.3 is 5.97 Å². The first-order valence-corrected chi connectivity index (χ1v) is 13.4. The minimum atomic E-state index is -1.01. The highest BCUT2D eigenvalue weighted by molar-refractivity contribution is 5.88. The Morgan fingerprint density at radius 1 is 0.833 bits per heavy atom. The number of rotatable bonds is 7. The van der Waals surface area contributed by atoms with Gasteiger partial charge < -0.3 is 9.84 Å². The van der Waals surface area contributed by atoms with E-state index in [1.54, 1.807) is 35.3 Å². The Labute approximate surface area is 242 Å². The summed E-state index contributed by atoms with van der Waals surface area (Å²) in [5.41, 5.74) is 7.91. The molecule has 0 atom stereocenters. The largest absolute Gasteiger partial charge is 0.490 e. The number of carbonyl (C=O) groups is 1. The smallest absolute Gasteiger partial charge is 0.335 e. The first kappa shape index (κ1) is 26.4. The summed E-state index contributed by atoms with van der Waals surface area (Å²) in [6.45, 7) is 3.86. The third-order valence-electron chi connectivity index (χ3n) is 6.79. The second-order valence-electron chi connectivity index (χ2n) is 10.0. The predicted molar refractivity (Wildman–Crippen MR) is 160 cm³/mol. The summed E-state index contributed by atoms with van der Waals surface area (Å²) in [5, 5.41) is 24.1. The number of nitrogens with zero attached hydrogens (tertiary/aromatic N) is 5. The summed E-state index contributed by atoms with van der Waals surface area (Å²) >= 11 is 0. The van der Waals surface area contributed by atoms with Gasteiger partial charge in [0.2, 0.25) is 0 Å². The number of nitriles is 1. The van der Waals surface area contributed by atoms with Crippen molar-refractivity contribution in [3.8, 4) is 51.1 Å². The summed E-state index contributed by atoms with van der Waals surface area (Å²) in [6, 6.07) is 30.3. The maximum Gasteiger partial charge on any atom is 0.335 e. The SMILES string of the molecule is CC(C)Oc1ccc(-c2ccc(-c3cc(-c4ccc5nccnc5c4)n(-c4cccc(C(=O)O)c4)n3)cc2)cc1C#N. The molecule has 0 amide bonds. The van der Waals surface area contributed by atoms with Crippen LogP contribution in [0.5, 0.6) is 5.75 Å². The van der Waals surface area contributed by atoms with Gasteiger partial charge in [-0.2, -0.15) is 10.4 Å². The minimum absolute atomic E-state index is 0.0268. The Hall–Kier alpha value is -5.81. The molecule has 4 aromatic carbocycles. The van der Waals surface area contributed by atoms with Crippen LogP contribution in [0.2, 0.25) is 0 Å². The first-order valence-electron chi connectivity index (χ1n) is 13.4. The molecule has 0 unspecified atom stereocenters. The highest BCUT2D eigenvalue weighted by atomic mass is 16.5. The van der Waals surface area contributed by atoms with Gasteiger partial charge in [-0.15, -0.1) is 0 Å². The Morgan fingerprint density at radius 3 is 2.29 bits per heavy atom. The van der Waals surface area contributed by atoms with E-state index in [1.165, 1.54) is 0 Å². The number of aromatic carboxylic acids is 1. The fraction of sp³-hybridized carbons (Fsp3) is 0.0882. The molecule has 0 fully saturated rings. The van der Waals surface area contributed by atoms with Crippen molar-refractivity contribution in [2.45, 2.75) is 20.0 Å². The first-order chi connectivity index (χ1) is 20.4. The van der Waals surface area contributed by atoms with Gasteiger partial charge in [0.05, 0.1) is 45.3 Å². The van der Waals surface area contributed by atoms with Crippen LogP contribution in [0.1, 0.15) is 29.8 Å². The molecule has 204 valence electrons. The van der Waals surface area contributed by atoms with E-state index >= 15 is 0 Å². The summed E-state index contributed by atoms with van der Waals surface area (Å²) in [5.74, 6) is -0.441. The van der Waals surface area contributed by atoms with E-state index in [4.69, 9.17) is 9.84 Å². The molecule has 0 aliphatic heterocycles. The molecule has 1 N–H and O–H groups in total. The molecule has 2 aromatic heterocycles. The van der Waals surface area contributed by atoms with Crippen molar-refractivity contribution < 1.29 is 14.6 Å². The molecule has 0 bridgehead atoms. The van der Waals surface area contributed by atoms with Crippen LogP contribution in [0.3, 0.4) is 0 Å². The highest BCUT2D eigenvalue weighted by Gasteiger charge is 2.16. The summed E-state index contributed by atoms with van der Waals surface area (Å²) < 4.78 is 7.51. The average molecular weight is 552 g/mol. The van der Waals surface area contributed by atoms with Gasteiger partial charge in [0.25, 0.3) is 0 Å². The topological polar surface area (TPSA) is 114 Å². The van der Waals surface area contributed by atoms with Crippen LogP contribution in [0.4, 0.5) is 0 Å². The molecule has 0 aliphatic carbocycles. The van der Waals surface area contributed by atoms with Crippen LogP contribution in [0, 0.1) is 11.3 Å². The number of ether oxygens (including phenoxy) is 1. The summed E-state index contributed by atoms with van der Waals surface area (Å²) in [7, 11) is 0. The number of hydrogen-bond donors (Lipinski definition) is 1. The molecular weight excluding hydrogens is 526 g/mol. The number of carboxylic acid groups (broad SMARTS) is 1. The van der Waals surface area contributed by atoms with Crippen molar-refractivity contribution in [2.75, 3.05) is 0 Å². The van der Waals surface area contributed by atoms with E-state index < -0.39 is 5.97 Å². The van der Waals surface area contributed by atoms with Crippen molar-refractivity contribution in [1.82, 2.24) is 19.7 Å². The molecule has 8 heteroatoms. The quantitative estimate of drug-likeness (QED) is 0.224. The minimum Gasteiger partial charge on any atom is -0.490 e. The third kappa shape index (κ3) is 5.19. The Morgan fingerprint density at radius 2 is 1.55 bits per heavy atom. The molecule has 0 saturated heterocycles. The number of hydrogen-bond acceptors (Lipinski definition) is 6. The van der Waals surface area contributed by atoms with Crippen LogP contribution in [0.15, 0.2) is 103 Å². The lowest BCUT2D eigenvalue weighted by atomic mass is 10.0. The van der Waals surface area contributed by atoms with Crippen LogP contribution in [0.25, 0.3) is 50.4 Å². The van der Waals surface area contributed by atoms with Crippen LogP contribution in [-0.2, 0) is 0 Å². The molecule has 0 radical (unpaired) electrons. The molecule has 8 nitrogen and oxygen atoms in total. The Balaban J connectivity index is 1.41. The van der Waals surface area contributed by atoms with Crippen molar-refractivity contribution in [3.05, 3.63) is 115 Å². The molecule has 0 aliphatic rings. The maximum atomic E-state index is 11.7.